The van der Waals surface area contributed by atoms with Crippen LogP contribution in [0.15, 0.2) is 18.2 Å². The molecule has 1 aliphatic carbocycles. The topological polar surface area (TPSA) is 50.4 Å². The quantitative estimate of drug-likeness (QED) is 0.595. The molecule has 0 saturated carbocycles. The predicted molar refractivity (Wildman–Crippen MR) is 91.9 cm³/mol. The van der Waals surface area contributed by atoms with E-state index in [1.54, 1.807) is 0 Å². The van der Waals surface area contributed by atoms with Gasteiger partial charge < -0.3 is 10.2 Å². The van der Waals surface area contributed by atoms with Crippen molar-refractivity contribution in [2.45, 2.75) is 45.4 Å². The maximum Gasteiger partial charge on any atom is 0.338 e. The van der Waals surface area contributed by atoms with E-state index in [0.717, 1.165) is 31.0 Å². The normalized spacial score (nSPS) is 18.7. The van der Waals surface area contributed by atoms with Gasteiger partial charge in [-0.25, -0.2) is 10.2 Å². The van der Waals surface area contributed by atoms with Crippen molar-refractivity contribution >= 4 is 17.7 Å². The Bertz CT molecular complexity index is 681. The van der Waals surface area contributed by atoms with Gasteiger partial charge in [-0.05, 0) is 30.2 Å². The summed E-state index contributed by atoms with van der Waals surface area (Å²) in [6, 6.07) is 5.87. The van der Waals surface area contributed by atoms with E-state index < -0.39 is 0 Å². The summed E-state index contributed by atoms with van der Waals surface area (Å²) in [5.74, 6) is 0.324. The van der Waals surface area contributed by atoms with E-state index in [0.29, 0.717) is 18.1 Å². The van der Waals surface area contributed by atoms with Crippen LogP contribution in [0.2, 0.25) is 0 Å². The number of hydrogen-bond acceptors (Lipinski definition) is 4. The van der Waals surface area contributed by atoms with Crippen molar-refractivity contribution < 1.29 is 9.53 Å². The Labute approximate surface area is 137 Å². The van der Waals surface area contributed by atoms with Crippen molar-refractivity contribution in [3.05, 3.63) is 34.2 Å². The summed E-state index contributed by atoms with van der Waals surface area (Å²) < 4.78 is 5.40. The van der Waals surface area contributed by atoms with E-state index in [1.807, 2.05) is 18.2 Å². The van der Waals surface area contributed by atoms with Gasteiger partial charge in [-0.2, -0.15) is 0 Å². The third-order valence-corrected chi connectivity index (χ3v) is 4.66. The smallest absolute Gasteiger partial charge is 0.338 e. The molecule has 2 N–H and O–H groups in total. The average Bonchev–Trinajstić information content (AvgIpc) is 3.06. The number of carbonyl (C=O) groups excluding carboxylic acids is 1. The fourth-order valence-electron chi connectivity index (χ4n) is 3.29. The lowest BCUT2D eigenvalue weighted by Gasteiger charge is -2.13. The molecule has 1 unspecified atom stereocenters. The van der Waals surface area contributed by atoms with E-state index in [1.165, 1.54) is 30.2 Å². The summed E-state index contributed by atoms with van der Waals surface area (Å²) in [4.78, 5) is 12.2. The molecule has 0 radical (unpaired) electrons. The van der Waals surface area contributed by atoms with E-state index in [-0.39, 0.29) is 5.97 Å². The van der Waals surface area contributed by atoms with Crippen LogP contribution in [0.3, 0.4) is 0 Å². The van der Waals surface area contributed by atoms with Crippen LogP contribution in [0.25, 0.3) is 11.8 Å². The number of unbranched alkanes of at least 4 members (excludes halogenated alkanes) is 4. The van der Waals surface area contributed by atoms with E-state index >= 15 is 0 Å². The van der Waals surface area contributed by atoms with Crippen molar-refractivity contribution in [3.63, 3.8) is 0 Å². The molecule has 3 rings (SSSR count). The van der Waals surface area contributed by atoms with Crippen molar-refractivity contribution in [3.8, 4) is 0 Å². The molecule has 1 aliphatic heterocycles. The fourth-order valence-corrected chi connectivity index (χ4v) is 3.29. The lowest BCUT2D eigenvalue weighted by atomic mass is 9.94. The van der Waals surface area contributed by atoms with Crippen molar-refractivity contribution in [1.29, 1.82) is 0 Å². The van der Waals surface area contributed by atoms with Gasteiger partial charge in [-0.15, -0.1) is 0 Å². The summed E-state index contributed by atoms with van der Waals surface area (Å²) in [6.45, 7) is 3.69. The van der Waals surface area contributed by atoms with Crippen LogP contribution >= 0.6 is 0 Å². The Hall–Kier alpha value is -1.81. The molecule has 1 aromatic carbocycles. The van der Waals surface area contributed by atoms with E-state index in [2.05, 4.69) is 23.9 Å². The molecule has 1 heterocycles. The maximum absolute atomic E-state index is 12.2. The predicted octanol–water partition coefficient (Wildman–Crippen LogP) is 1.83. The first-order chi connectivity index (χ1) is 11.3. The van der Waals surface area contributed by atoms with Gasteiger partial charge in [0.15, 0.2) is 0 Å². The SMILES string of the molecule is CCCCCCCOC(=O)c1ccc2c(c1)=CCC1CNNC=21. The summed E-state index contributed by atoms with van der Waals surface area (Å²) in [7, 11) is 0. The fraction of sp³-hybridized carbons (Fsp3) is 0.526. The summed E-state index contributed by atoms with van der Waals surface area (Å²) in [5.41, 5.74) is 8.35. The number of carbonyl (C=O) groups is 1. The zero-order valence-corrected chi connectivity index (χ0v) is 13.9. The van der Waals surface area contributed by atoms with Gasteiger partial charge in [0, 0.05) is 23.4 Å². The molecule has 0 aromatic heterocycles. The number of esters is 1. The van der Waals surface area contributed by atoms with Gasteiger partial charge in [-0.3, -0.25) is 0 Å². The van der Waals surface area contributed by atoms with Crippen LogP contribution in [-0.4, -0.2) is 19.1 Å². The zero-order chi connectivity index (χ0) is 16.1. The van der Waals surface area contributed by atoms with Crippen LogP contribution < -0.4 is 21.3 Å². The highest BCUT2D eigenvalue weighted by atomic mass is 16.5. The Morgan fingerprint density at radius 2 is 2.13 bits per heavy atom. The largest absolute Gasteiger partial charge is 0.462 e. The number of fused-ring (bicyclic) bond motifs is 2. The minimum atomic E-state index is -0.207. The van der Waals surface area contributed by atoms with Gasteiger partial charge in [0.1, 0.15) is 0 Å². The first-order valence-electron chi connectivity index (χ1n) is 8.80. The van der Waals surface area contributed by atoms with Crippen LogP contribution in [0.5, 0.6) is 0 Å². The number of rotatable bonds is 7. The molecule has 23 heavy (non-hydrogen) atoms. The molecular weight excluding hydrogens is 288 g/mol. The molecule has 2 aliphatic rings. The van der Waals surface area contributed by atoms with Crippen molar-refractivity contribution in [2.75, 3.05) is 13.2 Å². The van der Waals surface area contributed by atoms with Gasteiger partial charge in [-0.1, -0.05) is 44.7 Å². The number of hydrazine groups is 1. The molecule has 1 atom stereocenters. The first-order valence-corrected chi connectivity index (χ1v) is 8.80. The van der Waals surface area contributed by atoms with Gasteiger partial charge in [0.05, 0.1) is 12.2 Å². The number of benzene rings is 1. The molecule has 1 aromatic rings. The lowest BCUT2D eigenvalue weighted by Crippen LogP contribution is -2.36. The van der Waals surface area contributed by atoms with Gasteiger partial charge in [0.2, 0.25) is 0 Å². The van der Waals surface area contributed by atoms with Gasteiger partial charge >= 0.3 is 5.97 Å². The molecular formula is C19H26N2O2. The Morgan fingerprint density at radius 1 is 1.26 bits per heavy atom. The molecule has 1 fully saturated rings. The molecule has 1 saturated heterocycles. The lowest BCUT2D eigenvalue weighted by molar-refractivity contribution is 0.0497. The highest BCUT2D eigenvalue weighted by Crippen LogP contribution is 2.18. The van der Waals surface area contributed by atoms with E-state index in [4.69, 9.17) is 4.74 Å². The van der Waals surface area contributed by atoms with Gasteiger partial charge in [0.25, 0.3) is 0 Å². The van der Waals surface area contributed by atoms with E-state index in [9.17, 15) is 4.79 Å². The minimum Gasteiger partial charge on any atom is -0.462 e. The Balaban J connectivity index is 1.62. The molecule has 4 nitrogen and oxygen atoms in total. The molecule has 0 amide bonds. The van der Waals surface area contributed by atoms with Crippen LogP contribution in [0.1, 0.15) is 55.8 Å². The highest BCUT2D eigenvalue weighted by Gasteiger charge is 2.22. The summed E-state index contributed by atoms with van der Waals surface area (Å²) in [6.07, 6.45) is 9.04. The molecule has 0 bridgehead atoms. The van der Waals surface area contributed by atoms with Crippen LogP contribution in [0.4, 0.5) is 0 Å². The van der Waals surface area contributed by atoms with Crippen molar-refractivity contribution in [1.82, 2.24) is 10.9 Å². The minimum absolute atomic E-state index is 0.207. The zero-order valence-electron chi connectivity index (χ0n) is 13.9. The molecule has 124 valence electrons. The standard InChI is InChI=1S/C19H26N2O2/c1-2-3-4-5-6-11-23-19(22)15-9-10-17-14(12-15)7-8-16-13-20-21-18(16)17/h7,9-10,12,16,20-21H,2-6,8,11,13H2,1H3. The van der Waals surface area contributed by atoms with Crippen LogP contribution in [-0.2, 0) is 4.74 Å². The Morgan fingerprint density at radius 3 is 3.00 bits per heavy atom. The maximum atomic E-state index is 12.2. The van der Waals surface area contributed by atoms with Crippen LogP contribution in [0, 0.1) is 5.92 Å². The second-order valence-electron chi connectivity index (χ2n) is 6.41. The monoisotopic (exact) mass is 314 g/mol. The summed E-state index contributed by atoms with van der Waals surface area (Å²) in [5, 5.41) is 2.33. The Kier molecular flexibility index (Phi) is 5.34. The third kappa shape index (κ3) is 3.75. The number of nitrogens with one attached hydrogen (secondary N) is 2. The van der Waals surface area contributed by atoms with Crippen molar-refractivity contribution in [2.24, 2.45) is 5.92 Å². The summed E-state index contributed by atoms with van der Waals surface area (Å²) >= 11 is 0. The third-order valence-electron chi connectivity index (χ3n) is 4.66. The molecule has 4 heteroatoms. The first kappa shape index (κ1) is 16.1. The highest BCUT2D eigenvalue weighted by molar-refractivity contribution is 5.89. The molecule has 0 spiro atoms. The number of hydrogen-bond donors (Lipinski definition) is 2. The second-order valence-corrected chi connectivity index (χ2v) is 6.41. The average molecular weight is 314 g/mol. The second kappa shape index (κ2) is 7.64. The number of ether oxygens (including phenoxy) is 1.